The average molecular weight is 166 g/mol. The van der Waals surface area contributed by atoms with Gasteiger partial charge in [0.1, 0.15) is 0 Å². The first-order valence-corrected chi connectivity index (χ1v) is 4.80. The Kier molecular flexibility index (Phi) is 1.25. The lowest BCUT2D eigenvalue weighted by molar-refractivity contribution is 0.692. The number of benzene rings is 1. The van der Waals surface area contributed by atoms with Crippen molar-refractivity contribution in [2.24, 2.45) is 0 Å². The molecular formula is C9H10OS. The first-order chi connectivity index (χ1) is 5.13. The van der Waals surface area contributed by atoms with Gasteiger partial charge in [-0.25, -0.2) is 4.21 Å². The Bertz CT molecular complexity index is 366. The van der Waals surface area contributed by atoms with E-state index in [0.717, 1.165) is 9.79 Å². The fourth-order valence-electron chi connectivity index (χ4n) is 1.45. The predicted octanol–water partition coefficient (Wildman–Crippen LogP) is 2.09. The molecule has 1 aliphatic heterocycles. The van der Waals surface area contributed by atoms with Crippen LogP contribution >= 0.6 is 0 Å². The maximum absolute atomic E-state index is 11.2. The summed E-state index contributed by atoms with van der Waals surface area (Å²) in [7, 11) is -0.748. The summed E-state index contributed by atoms with van der Waals surface area (Å²) in [5.41, 5.74) is 3.65. The van der Waals surface area contributed by atoms with Crippen molar-refractivity contribution in [2.75, 3.05) is 0 Å². The molecule has 0 amide bonds. The average Bonchev–Trinajstić information content (AvgIpc) is 2.58. The molecule has 2 rings (SSSR count). The van der Waals surface area contributed by atoms with Gasteiger partial charge in [-0.2, -0.15) is 0 Å². The summed E-state index contributed by atoms with van der Waals surface area (Å²) >= 11 is 0. The van der Waals surface area contributed by atoms with E-state index in [4.69, 9.17) is 0 Å². The number of hydrogen-bond donors (Lipinski definition) is 0. The van der Waals surface area contributed by atoms with Gasteiger partial charge in [0.2, 0.25) is 0 Å². The highest BCUT2D eigenvalue weighted by molar-refractivity contribution is 7.91. The van der Waals surface area contributed by atoms with E-state index in [2.05, 4.69) is 13.0 Å². The fourth-order valence-corrected chi connectivity index (χ4v) is 2.92. The van der Waals surface area contributed by atoms with E-state index in [-0.39, 0.29) is 0 Å². The topological polar surface area (TPSA) is 17.1 Å². The fraction of sp³-hybridized carbons (Fsp3) is 0.333. The molecule has 58 valence electrons. The molecule has 0 saturated carbocycles. The van der Waals surface area contributed by atoms with Crippen LogP contribution in [0.2, 0.25) is 0 Å². The van der Waals surface area contributed by atoms with Gasteiger partial charge in [0.15, 0.2) is 0 Å². The number of fused-ring (bicyclic) bond motifs is 1. The van der Waals surface area contributed by atoms with Gasteiger partial charge in [-0.3, -0.25) is 0 Å². The Labute approximate surface area is 68.9 Å². The molecule has 0 spiro atoms. The molecule has 0 saturated heterocycles. The third-order valence-corrected chi connectivity index (χ3v) is 3.83. The highest BCUT2D eigenvalue weighted by atomic mass is 32.2. The summed E-state index contributed by atoms with van der Waals surface area (Å²) < 4.78 is 11.2. The van der Waals surface area contributed by atoms with E-state index in [0.29, 0.717) is 0 Å². The van der Waals surface area contributed by atoms with E-state index in [1.807, 2.05) is 13.8 Å². The SMILES string of the molecule is Cc1cc(C)c2c(c1C)S2=O. The van der Waals surface area contributed by atoms with Gasteiger partial charge in [0, 0.05) is 0 Å². The summed E-state index contributed by atoms with van der Waals surface area (Å²) in [4.78, 5) is 2.16. The van der Waals surface area contributed by atoms with Crippen LogP contribution in [0.1, 0.15) is 16.7 Å². The van der Waals surface area contributed by atoms with Crippen molar-refractivity contribution in [2.45, 2.75) is 30.6 Å². The van der Waals surface area contributed by atoms with E-state index < -0.39 is 10.8 Å². The minimum Gasteiger partial charge on any atom is -0.249 e. The van der Waals surface area contributed by atoms with Crippen LogP contribution in [0, 0.1) is 20.8 Å². The minimum atomic E-state index is -0.748. The first kappa shape index (κ1) is 7.04. The molecule has 1 atom stereocenters. The van der Waals surface area contributed by atoms with Crippen molar-refractivity contribution in [3.05, 3.63) is 22.8 Å². The van der Waals surface area contributed by atoms with Crippen LogP contribution in [-0.4, -0.2) is 4.21 Å². The summed E-state index contributed by atoms with van der Waals surface area (Å²) in [6.45, 7) is 6.13. The Balaban J connectivity index is 2.78. The van der Waals surface area contributed by atoms with E-state index in [9.17, 15) is 4.21 Å². The lowest BCUT2D eigenvalue weighted by Gasteiger charge is -1.95. The summed E-state index contributed by atoms with van der Waals surface area (Å²) in [5.74, 6) is 0. The van der Waals surface area contributed by atoms with Gasteiger partial charge in [0.25, 0.3) is 0 Å². The standard InChI is InChI=1S/C9H10OS/c1-5-4-6(2)8-9(7(5)3)11(8)10/h4H,1-3H3. The van der Waals surface area contributed by atoms with Crippen LogP contribution in [0.3, 0.4) is 0 Å². The van der Waals surface area contributed by atoms with Crippen molar-refractivity contribution in [3.8, 4) is 0 Å². The molecule has 0 radical (unpaired) electrons. The number of rotatable bonds is 0. The molecule has 1 nitrogen and oxygen atoms in total. The van der Waals surface area contributed by atoms with Crippen LogP contribution in [-0.2, 0) is 10.8 Å². The second kappa shape index (κ2) is 1.95. The number of aryl methyl sites for hydroxylation is 2. The van der Waals surface area contributed by atoms with Crippen molar-refractivity contribution >= 4 is 10.8 Å². The van der Waals surface area contributed by atoms with Gasteiger partial charge < -0.3 is 0 Å². The molecule has 0 bridgehead atoms. The lowest BCUT2D eigenvalue weighted by atomic mass is 10.1. The van der Waals surface area contributed by atoms with Crippen LogP contribution in [0.4, 0.5) is 0 Å². The highest BCUT2D eigenvalue weighted by Crippen LogP contribution is 2.42. The quantitative estimate of drug-likeness (QED) is 0.548. The maximum atomic E-state index is 11.2. The normalized spacial score (nSPS) is 19.7. The molecule has 0 N–H and O–H groups in total. The van der Waals surface area contributed by atoms with Crippen LogP contribution < -0.4 is 0 Å². The zero-order valence-electron chi connectivity index (χ0n) is 6.89. The summed E-state index contributed by atoms with van der Waals surface area (Å²) in [5, 5.41) is 0. The molecule has 11 heavy (non-hydrogen) atoms. The van der Waals surface area contributed by atoms with E-state index in [1.54, 1.807) is 0 Å². The Morgan fingerprint density at radius 1 is 1.09 bits per heavy atom. The van der Waals surface area contributed by atoms with Crippen LogP contribution in [0.5, 0.6) is 0 Å². The van der Waals surface area contributed by atoms with Gasteiger partial charge in [-0.1, -0.05) is 6.07 Å². The largest absolute Gasteiger partial charge is 0.249 e. The van der Waals surface area contributed by atoms with Crippen molar-refractivity contribution in [3.63, 3.8) is 0 Å². The van der Waals surface area contributed by atoms with Gasteiger partial charge in [-0.15, -0.1) is 0 Å². The molecule has 1 aliphatic rings. The number of hydrogen-bond acceptors (Lipinski definition) is 1. The minimum absolute atomic E-state index is 0.748. The van der Waals surface area contributed by atoms with Gasteiger partial charge in [-0.05, 0) is 37.5 Å². The molecule has 1 aromatic rings. The summed E-state index contributed by atoms with van der Waals surface area (Å²) in [6, 6.07) is 2.11. The van der Waals surface area contributed by atoms with Crippen molar-refractivity contribution < 1.29 is 4.21 Å². The molecule has 0 aromatic heterocycles. The second-order valence-electron chi connectivity index (χ2n) is 3.06. The molecule has 0 fully saturated rings. The van der Waals surface area contributed by atoms with Gasteiger partial charge in [0.05, 0.1) is 20.6 Å². The molecule has 2 heteroatoms. The molecule has 0 aliphatic carbocycles. The zero-order chi connectivity index (χ0) is 8.17. The predicted molar refractivity (Wildman–Crippen MR) is 45.3 cm³/mol. The molecular weight excluding hydrogens is 156 g/mol. The van der Waals surface area contributed by atoms with Crippen molar-refractivity contribution in [1.82, 2.24) is 0 Å². The molecule has 1 aromatic carbocycles. The lowest BCUT2D eigenvalue weighted by Crippen LogP contribution is -1.79. The van der Waals surface area contributed by atoms with Gasteiger partial charge >= 0.3 is 0 Å². The maximum Gasteiger partial charge on any atom is 0.0880 e. The van der Waals surface area contributed by atoms with Crippen molar-refractivity contribution in [1.29, 1.82) is 0 Å². The molecule has 1 unspecified atom stereocenters. The molecule has 1 heterocycles. The summed E-state index contributed by atoms with van der Waals surface area (Å²) in [6.07, 6.45) is 0. The third kappa shape index (κ3) is 0.791. The third-order valence-electron chi connectivity index (χ3n) is 2.26. The van der Waals surface area contributed by atoms with Crippen LogP contribution in [0.15, 0.2) is 15.9 Å². The monoisotopic (exact) mass is 166 g/mol. The first-order valence-electron chi connectivity index (χ1n) is 3.65. The second-order valence-corrected chi connectivity index (χ2v) is 4.42. The smallest absolute Gasteiger partial charge is 0.0880 e. The zero-order valence-corrected chi connectivity index (χ0v) is 7.71. The van der Waals surface area contributed by atoms with E-state index >= 15 is 0 Å². The highest BCUT2D eigenvalue weighted by Gasteiger charge is 2.33. The van der Waals surface area contributed by atoms with E-state index in [1.165, 1.54) is 16.7 Å². The Morgan fingerprint density at radius 3 is 2.36 bits per heavy atom. The van der Waals surface area contributed by atoms with Crippen LogP contribution in [0.25, 0.3) is 0 Å². The Morgan fingerprint density at radius 2 is 1.73 bits per heavy atom. The Hall–Kier alpha value is -0.630.